The van der Waals surface area contributed by atoms with Gasteiger partial charge in [-0.25, -0.2) is 0 Å². The van der Waals surface area contributed by atoms with Gasteiger partial charge in [0.25, 0.3) is 0 Å². The molecule has 1 aliphatic heterocycles. The van der Waals surface area contributed by atoms with Crippen LogP contribution in [0.3, 0.4) is 0 Å². The maximum Gasteiger partial charge on any atom is 0.175 e. The van der Waals surface area contributed by atoms with Crippen molar-refractivity contribution in [1.82, 2.24) is 4.90 Å². The zero-order valence-corrected chi connectivity index (χ0v) is 14.7. The van der Waals surface area contributed by atoms with Crippen molar-refractivity contribution >= 4 is 45.6 Å². The first kappa shape index (κ1) is 16.0. The van der Waals surface area contributed by atoms with E-state index in [2.05, 4.69) is 51.9 Å². The highest BCUT2D eigenvalue weighted by molar-refractivity contribution is 14.1. The molecule has 20 heavy (non-hydrogen) atoms. The highest BCUT2D eigenvalue weighted by atomic mass is 127. The lowest BCUT2D eigenvalue weighted by atomic mass is 10.2. The van der Waals surface area contributed by atoms with Gasteiger partial charge in [0.05, 0.1) is 6.61 Å². The minimum Gasteiger partial charge on any atom is -0.356 e. The molecule has 1 aliphatic rings. The van der Waals surface area contributed by atoms with Crippen LogP contribution in [0.2, 0.25) is 0 Å². The molecule has 0 aromatic heterocycles. The molecule has 1 aromatic carbocycles. The third-order valence-electron chi connectivity index (χ3n) is 3.38. The topological polar surface area (TPSA) is 24.5 Å². The molecule has 0 saturated carbocycles. The van der Waals surface area contributed by atoms with Gasteiger partial charge in [-0.15, -0.1) is 0 Å². The fraction of sp³-hybridized carbons (Fsp3) is 0.533. The fourth-order valence-corrected chi connectivity index (χ4v) is 3.19. The van der Waals surface area contributed by atoms with Gasteiger partial charge in [0.2, 0.25) is 0 Å². The van der Waals surface area contributed by atoms with E-state index >= 15 is 0 Å². The molecule has 1 aromatic rings. The normalized spacial score (nSPS) is 18.3. The summed E-state index contributed by atoms with van der Waals surface area (Å²) in [6, 6.07) is 8.24. The zero-order chi connectivity index (χ0) is 14.4. The third-order valence-corrected chi connectivity index (χ3v) is 4.39. The Bertz CT molecular complexity index is 455. The summed E-state index contributed by atoms with van der Waals surface area (Å²) in [6.07, 6.45) is 4.89. The van der Waals surface area contributed by atoms with Crippen LogP contribution in [0, 0.1) is 3.57 Å². The van der Waals surface area contributed by atoms with E-state index < -0.39 is 0 Å². The molecule has 1 saturated heterocycles. The highest BCUT2D eigenvalue weighted by Crippen LogP contribution is 2.19. The van der Waals surface area contributed by atoms with Gasteiger partial charge in [0.1, 0.15) is 6.23 Å². The quantitative estimate of drug-likeness (QED) is 0.451. The van der Waals surface area contributed by atoms with Gasteiger partial charge in [0.15, 0.2) is 5.11 Å². The van der Waals surface area contributed by atoms with Crippen LogP contribution in [0.15, 0.2) is 24.3 Å². The van der Waals surface area contributed by atoms with Crippen molar-refractivity contribution in [3.8, 4) is 0 Å². The summed E-state index contributed by atoms with van der Waals surface area (Å²) in [6.45, 7) is 3.87. The third kappa shape index (κ3) is 4.56. The molecule has 2 rings (SSSR count). The molecule has 0 radical (unpaired) electrons. The minimum atomic E-state index is 0.143. The molecule has 1 fully saturated rings. The first-order chi connectivity index (χ1) is 9.70. The van der Waals surface area contributed by atoms with Crippen molar-refractivity contribution in [2.24, 2.45) is 0 Å². The number of unbranched alkanes of at least 4 members (excludes halogenated alkanes) is 2. The smallest absolute Gasteiger partial charge is 0.175 e. The van der Waals surface area contributed by atoms with E-state index in [0.29, 0.717) is 0 Å². The summed E-state index contributed by atoms with van der Waals surface area (Å²) < 4.78 is 6.99. The lowest BCUT2D eigenvalue weighted by Crippen LogP contribution is -2.39. The fourth-order valence-electron chi connectivity index (χ4n) is 2.32. The van der Waals surface area contributed by atoms with Crippen LogP contribution >= 0.6 is 34.8 Å². The van der Waals surface area contributed by atoms with Crippen molar-refractivity contribution in [3.05, 3.63) is 27.8 Å². The van der Waals surface area contributed by atoms with Crippen molar-refractivity contribution in [2.75, 3.05) is 18.5 Å². The van der Waals surface area contributed by atoms with Crippen LogP contribution < -0.4 is 5.32 Å². The van der Waals surface area contributed by atoms with Crippen LogP contribution in [0.25, 0.3) is 0 Å². The Kier molecular flexibility index (Phi) is 6.51. The Morgan fingerprint density at radius 3 is 3.10 bits per heavy atom. The average molecular weight is 404 g/mol. The molecule has 3 nitrogen and oxygen atoms in total. The molecule has 1 atom stereocenters. The van der Waals surface area contributed by atoms with Crippen LogP contribution in [-0.4, -0.2) is 29.4 Å². The van der Waals surface area contributed by atoms with Crippen LogP contribution in [-0.2, 0) is 4.74 Å². The summed E-state index contributed by atoms with van der Waals surface area (Å²) in [5.41, 5.74) is 1.04. The Balaban J connectivity index is 1.90. The van der Waals surface area contributed by atoms with E-state index in [1.165, 1.54) is 22.8 Å². The van der Waals surface area contributed by atoms with E-state index in [1.54, 1.807) is 0 Å². The summed E-state index contributed by atoms with van der Waals surface area (Å²) >= 11 is 7.83. The van der Waals surface area contributed by atoms with Gasteiger partial charge < -0.3 is 15.0 Å². The number of hydrogen-bond acceptors (Lipinski definition) is 2. The standard InChI is InChI=1S/C15H21IN2OS/c1-2-3-4-8-14-18(9-10-19-14)15(20)17-13-7-5-6-12(16)11-13/h5-7,11,14H,2-4,8-10H2,1H3,(H,17,20). The predicted octanol–water partition coefficient (Wildman–Crippen LogP) is 4.23. The second-order valence-electron chi connectivity index (χ2n) is 4.96. The number of nitrogens with zero attached hydrogens (tertiary/aromatic N) is 1. The highest BCUT2D eigenvalue weighted by Gasteiger charge is 2.26. The summed E-state index contributed by atoms with van der Waals surface area (Å²) in [5, 5.41) is 4.09. The molecular weight excluding hydrogens is 383 g/mol. The number of rotatable bonds is 5. The molecule has 0 spiro atoms. The minimum absolute atomic E-state index is 0.143. The Hall–Kier alpha value is -0.400. The number of anilines is 1. The molecule has 5 heteroatoms. The van der Waals surface area contributed by atoms with Crippen LogP contribution in [0.1, 0.15) is 32.6 Å². The predicted molar refractivity (Wildman–Crippen MR) is 96.0 cm³/mol. The van der Waals surface area contributed by atoms with Gasteiger partial charge in [-0.2, -0.15) is 0 Å². The molecule has 1 unspecified atom stereocenters. The number of thiocarbonyl (C=S) groups is 1. The Morgan fingerprint density at radius 1 is 1.50 bits per heavy atom. The van der Waals surface area contributed by atoms with E-state index in [-0.39, 0.29) is 6.23 Å². The van der Waals surface area contributed by atoms with E-state index in [4.69, 9.17) is 17.0 Å². The second-order valence-corrected chi connectivity index (χ2v) is 6.59. The van der Waals surface area contributed by atoms with Crippen molar-refractivity contribution in [1.29, 1.82) is 0 Å². The lowest BCUT2D eigenvalue weighted by molar-refractivity contribution is 0.0553. The number of ether oxygens (including phenoxy) is 1. The summed E-state index contributed by atoms with van der Waals surface area (Å²) in [7, 11) is 0. The molecule has 1 N–H and O–H groups in total. The molecule has 0 bridgehead atoms. The number of halogens is 1. The maximum absolute atomic E-state index is 5.79. The number of benzene rings is 1. The molecule has 0 amide bonds. The van der Waals surface area contributed by atoms with E-state index in [9.17, 15) is 0 Å². The average Bonchev–Trinajstić information content (AvgIpc) is 2.87. The lowest BCUT2D eigenvalue weighted by Gasteiger charge is -2.26. The largest absolute Gasteiger partial charge is 0.356 e. The monoisotopic (exact) mass is 404 g/mol. The molecular formula is C15H21IN2OS. The van der Waals surface area contributed by atoms with Crippen LogP contribution in [0.4, 0.5) is 5.69 Å². The number of nitrogens with one attached hydrogen (secondary N) is 1. The number of hydrogen-bond donors (Lipinski definition) is 1. The summed E-state index contributed by atoms with van der Waals surface area (Å²) in [5.74, 6) is 0. The first-order valence-corrected chi connectivity index (χ1v) is 8.64. The van der Waals surface area contributed by atoms with E-state index in [0.717, 1.165) is 30.4 Å². The first-order valence-electron chi connectivity index (χ1n) is 7.15. The van der Waals surface area contributed by atoms with Crippen molar-refractivity contribution in [2.45, 2.75) is 38.8 Å². The molecule has 1 heterocycles. The zero-order valence-electron chi connectivity index (χ0n) is 11.8. The molecule has 110 valence electrons. The van der Waals surface area contributed by atoms with Gasteiger partial charge in [-0.1, -0.05) is 25.8 Å². The Morgan fingerprint density at radius 2 is 2.35 bits per heavy atom. The maximum atomic E-state index is 5.79. The van der Waals surface area contributed by atoms with Gasteiger partial charge in [-0.05, 0) is 65.8 Å². The van der Waals surface area contributed by atoms with Gasteiger partial charge in [0, 0.05) is 15.8 Å². The second kappa shape index (κ2) is 8.14. The van der Waals surface area contributed by atoms with Crippen molar-refractivity contribution < 1.29 is 4.74 Å². The Labute approximate surface area is 140 Å². The van der Waals surface area contributed by atoms with Gasteiger partial charge >= 0.3 is 0 Å². The van der Waals surface area contributed by atoms with Crippen LogP contribution in [0.5, 0.6) is 0 Å². The van der Waals surface area contributed by atoms with Crippen molar-refractivity contribution in [3.63, 3.8) is 0 Å². The molecule has 0 aliphatic carbocycles. The summed E-state index contributed by atoms with van der Waals surface area (Å²) in [4.78, 5) is 2.17. The van der Waals surface area contributed by atoms with E-state index in [1.807, 2.05) is 12.1 Å². The van der Waals surface area contributed by atoms with Gasteiger partial charge in [-0.3, -0.25) is 0 Å². The SMILES string of the molecule is CCCCCC1OCCN1C(=S)Nc1cccc(I)c1.